The van der Waals surface area contributed by atoms with Gasteiger partial charge in [0.25, 0.3) is 10.0 Å². The predicted octanol–water partition coefficient (Wildman–Crippen LogP) is 4.52. The molecule has 0 aliphatic carbocycles. The molecule has 3 aromatic rings. The minimum Gasteiger partial charge on any atom is -0.441 e. The van der Waals surface area contributed by atoms with Crippen molar-refractivity contribution in [3.8, 4) is 11.5 Å². The lowest BCUT2D eigenvalue weighted by Gasteiger charge is -2.10. The van der Waals surface area contributed by atoms with E-state index in [1.165, 1.54) is 13.0 Å². The highest BCUT2D eigenvalue weighted by atomic mass is 32.2. The fourth-order valence-corrected chi connectivity index (χ4v) is 5.05. The summed E-state index contributed by atoms with van der Waals surface area (Å²) in [5.41, 5.74) is 1.21. The molecule has 154 valence electrons. The Hall–Kier alpha value is -2.65. The number of thiophene rings is 1. The summed E-state index contributed by atoms with van der Waals surface area (Å²) in [6.45, 7) is 7.28. The molecule has 0 aliphatic rings. The summed E-state index contributed by atoms with van der Waals surface area (Å²) in [5.74, 6) is 1.37. The van der Waals surface area contributed by atoms with E-state index < -0.39 is 10.0 Å². The molecule has 0 radical (unpaired) electrons. The Morgan fingerprint density at radius 3 is 2.38 bits per heavy atom. The van der Waals surface area contributed by atoms with E-state index in [-0.39, 0.29) is 22.1 Å². The first-order valence-electron chi connectivity index (χ1n) is 9.11. The number of hydrogen-bond acceptors (Lipinski definition) is 6. The third-order valence-corrected chi connectivity index (χ3v) is 7.33. The first-order chi connectivity index (χ1) is 13.7. The number of hydrogen-bond donors (Lipinski definition) is 2. The third kappa shape index (κ3) is 5.04. The zero-order valence-electron chi connectivity index (χ0n) is 16.6. The van der Waals surface area contributed by atoms with Crippen molar-refractivity contribution in [1.82, 2.24) is 10.3 Å². The van der Waals surface area contributed by atoms with Crippen LogP contribution < -0.4 is 10.0 Å². The summed E-state index contributed by atoms with van der Waals surface area (Å²) in [4.78, 5) is 16.2. The van der Waals surface area contributed by atoms with Gasteiger partial charge in [-0.2, -0.15) is 0 Å². The number of nitrogens with one attached hydrogen (secondary N) is 2. The van der Waals surface area contributed by atoms with Gasteiger partial charge in [-0.15, -0.1) is 11.3 Å². The number of amides is 1. The molecule has 1 aromatic carbocycles. The van der Waals surface area contributed by atoms with Crippen LogP contribution in [0.2, 0.25) is 0 Å². The lowest BCUT2D eigenvalue weighted by atomic mass is 10.2. The largest absolute Gasteiger partial charge is 0.441 e. The second kappa shape index (κ2) is 8.38. The van der Waals surface area contributed by atoms with E-state index in [0.29, 0.717) is 11.6 Å². The maximum absolute atomic E-state index is 12.7. The van der Waals surface area contributed by atoms with Crippen LogP contribution in [0.5, 0.6) is 0 Å². The molecular formula is C20H23N3O4S2. The van der Waals surface area contributed by atoms with Gasteiger partial charge in [0.15, 0.2) is 0 Å². The van der Waals surface area contributed by atoms with Gasteiger partial charge in [-0.05, 0) is 43.3 Å². The molecule has 7 nitrogen and oxygen atoms in total. The van der Waals surface area contributed by atoms with Crippen molar-refractivity contribution >= 4 is 33.0 Å². The predicted molar refractivity (Wildman–Crippen MR) is 113 cm³/mol. The quantitative estimate of drug-likeness (QED) is 0.570. The van der Waals surface area contributed by atoms with Gasteiger partial charge in [-0.3, -0.25) is 9.52 Å². The molecular weight excluding hydrogens is 410 g/mol. The number of nitrogens with zero attached hydrogens (tertiary/aromatic N) is 1. The van der Waals surface area contributed by atoms with Gasteiger partial charge >= 0.3 is 0 Å². The molecule has 0 aliphatic heterocycles. The van der Waals surface area contributed by atoms with Crippen molar-refractivity contribution in [1.29, 1.82) is 0 Å². The number of benzene rings is 1. The average Bonchev–Trinajstić information content (AvgIpc) is 3.32. The van der Waals surface area contributed by atoms with Gasteiger partial charge < -0.3 is 9.73 Å². The highest BCUT2D eigenvalue weighted by molar-refractivity contribution is 7.94. The number of sulfonamides is 1. The lowest BCUT2D eigenvalue weighted by molar-refractivity contribution is -0.119. The smallest absolute Gasteiger partial charge is 0.271 e. The molecule has 2 aromatic heterocycles. The number of aromatic nitrogens is 1. The Morgan fingerprint density at radius 2 is 1.79 bits per heavy atom. The summed E-state index contributed by atoms with van der Waals surface area (Å²) < 4.78 is 33.8. The van der Waals surface area contributed by atoms with E-state index in [1.807, 2.05) is 20.8 Å². The van der Waals surface area contributed by atoms with Crippen LogP contribution in [0, 0.1) is 0 Å². The van der Waals surface area contributed by atoms with Crippen molar-refractivity contribution in [2.75, 3.05) is 4.72 Å². The van der Waals surface area contributed by atoms with Gasteiger partial charge in [0.1, 0.15) is 9.97 Å². The van der Waals surface area contributed by atoms with E-state index in [9.17, 15) is 13.2 Å². The Bertz CT molecular complexity index is 1100. The van der Waals surface area contributed by atoms with Crippen LogP contribution >= 0.6 is 11.3 Å². The molecule has 0 saturated heterocycles. The molecule has 1 amide bonds. The molecule has 0 bridgehead atoms. The van der Waals surface area contributed by atoms with Gasteiger partial charge in [0, 0.05) is 29.0 Å². The van der Waals surface area contributed by atoms with Crippen LogP contribution in [-0.2, 0) is 14.8 Å². The Labute approximate surface area is 174 Å². The Kier molecular flexibility index (Phi) is 6.09. The zero-order chi connectivity index (χ0) is 21.2. The average molecular weight is 434 g/mol. The summed E-state index contributed by atoms with van der Waals surface area (Å²) in [6, 6.07) is 9.84. The highest BCUT2D eigenvalue weighted by Crippen LogP contribution is 2.29. The van der Waals surface area contributed by atoms with Gasteiger partial charge in [-0.1, -0.05) is 13.8 Å². The maximum Gasteiger partial charge on any atom is 0.271 e. The fourth-order valence-electron chi connectivity index (χ4n) is 2.66. The maximum atomic E-state index is 12.7. The fraction of sp³-hybridized carbons (Fsp3) is 0.300. The van der Waals surface area contributed by atoms with E-state index in [1.54, 1.807) is 36.5 Å². The van der Waals surface area contributed by atoms with Crippen LogP contribution in [0.15, 0.2) is 51.2 Å². The zero-order valence-corrected chi connectivity index (χ0v) is 18.2. The van der Waals surface area contributed by atoms with Crippen LogP contribution in [0.4, 0.5) is 5.69 Å². The normalized spacial score (nSPS) is 12.7. The number of carbonyl (C=O) groups excluding carboxylic acids is 1. The van der Waals surface area contributed by atoms with Crippen molar-refractivity contribution in [3.05, 3.63) is 53.2 Å². The summed E-state index contributed by atoms with van der Waals surface area (Å²) in [5, 5.41) is 2.75. The van der Waals surface area contributed by atoms with Crippen molar-refractivity contribution in [3.63, 3.8) is 0 Å². The molecule has 2 N–H and O–H groups in total. The van der Waals surface area contributed by atoms with E-state index in [0.717, 1.165) is 27.5 Å². The number of oxazole rings is 1. The molecule has 0 saturated carbocycles. The first kappa shape index (κ1) is 21.1. The summed E-state index contributed by atoms with van der Waals surface area (Å²) in [6.07, 6.45) is 1.70. The minimum atomic E-state index is -3.72. The van der Waals surface area contributed by atoms with E-state index >= 15 is 0 Å². The Balaban J connectivity index is 1.73. The molecule has 29 heavy (non-hydrogen) atoms. The van der Waals surface area contributed by atoms with Crippen LogP contribution in [0.1, 0.15) is 50.3 Å². The third-order valence-electron chi connectivity index (χ3n) is 4.19. The number of carbonyl (C=O) groups is 1. The first-order valence-corrected chi connectivity index (χ1v) is 11.4. The lowest BCUT2D eigenvalue weighted by Crippen LogP contribution is -2.22. The molecule has 1 atom stereocenters. The molecule has 9 heteroatoms. The van der Waals surface area contributed by atoms with Crippen molar-refractivity contribution in [2.45, 2.75) is 43.9 Å². The Morgan fingerprint density at radius 1 is 1.10 bits per heavy atom. The molecule has 0 spiro atoms. The van der Waals surface area contributed by atoms with Crippen LogP contribution in [0.25, 0.3) is 11.5 Å². The van der Waals surface area contributed by atoms with E-state index in [4.69, 9.17) is 4.42 Å². The topological polar surface area (TPSA) is 101 Å². The number of rotatable bonds is 7. The van der Waals surface area contributed by atoms with Crippen molar-refractivity contribution in [2.24, 2.45) is 0 Å². The monoisotopic (exact) mass is 433 g/mol. The second-order valence-corrected chi connectivity index (χ2v) is 10.0. The van der Waals surface area contributed by atoms with Crippen LogP contribution in [-0.4, -0.2) is 19.3 Å². The van der Waals surface area contributed by atoms with E-state index in [2.05, 4.69) is 15.0 Å². The van der Waals surface area contributed by atoms with Gasteiger partial charge in [0.2, 0.25) is 11.8 Å². The molecule has 0 fully saturated rings. The van der Waals surface area contributed by atoms with Gasteiger partial charge in [-0.25, -0.2) is 13.4 Å². The SMILES string of the molecule is CC(=O)NC(C)c1ccc(S(=O)(=O)Nc2ccc(-c3ncc(C(C)C)o3)cc2)s1. The van der Waals surface area contributed by atoms with Gasteiger partial charge in [0.05, 0.1) is 12.2 Å². The molecule has 3 rings (SSSR count). The minimum absolute atomic E-state index is 0.167. The summed E-state index contributed by atoms with van der Waals surface area (Å²) in [7, 11) is -3.72. The van der Waals surface area contributed by atoms with Crippen molar-refractivity contribution < 1.29 is 17.6 Å². The highest BCUT2D eigenvalue weighted by Gasteiger charge is 2.19. The standard InChI is InChI=1S/C20H23N3O4S2/c1-12(2)17-11-21-20(27-17)15-5-7-16(8-6-15)23-29(25,26)19-10-9-18(28-19)13(3)22-14(4)24/h5-13,23H,1-4H3,(H,22,24). The van der Waals surface area contributed by atoms with Crippen LogP contribution in [0.3, 0.4) is 0 Å². The summed E-state index contributed by atoms with van der Waals surface area (Å²) >= 11 is 1.12. The number of anilines is 1. The second-order valence-electron chi connectivity index (χ2n) is 6.98. The molecule has 2 heterocycles. The molecule has 1 unspecified atom stereocenters.